The Balaban J connectivity index is 2.79. The second-order valence-electron chi connectivity index (χ2n) is 3.75. The Morgan fingerprint density at radius 1 is 1.53 bits per heavy atom. The van der Waals surface area contributed by atoms with E-state index in [0.717, 1.165) is 5.56 Å². The number of fused-ring (bicyclic) bond motifs is 1. The zero-order valence-electron chi connectivity index (χ0n) is 9.07. The lowest BCUT2D eigenvalue weighted by Crippen LogP contribution is -2.33. The molecule has 17 heavy (non-hydrogen) atoms. The molecule has 3 N–H and O–H groups in total. The van der Waals surface area contributed by atoms with E-state index in [1.54, 1.807) is 12.2 Å². The van der Waals surface area contributed by atoms with Crippen molar-refractivity contribution in [3.05, 3.63) is 43.5 Å². The molecule has 1 aliphatic rings. The molecule has 0 radical (unpaired) electrons. The first-order valence-electron chi connectivity index (χ1n) is 5.24. The fourth-order valence-electron chi connectivity index (χ4n) is 1.75. The average molecular weight is 254 g/mol. The molecule has 4 nitrogen and oxygen atoms in total. The lowest BCUT2D eigenvalue weighted by Gasteiger charge is -1.99. The van der Waals surface area contributed by atoms with Gasteiger partial charge in [-0.3, -0.25) is 0 Å². The van der Waals surface area contributed by atoms with Gasteiger partial charge in [-0.25, -0.2) is 4.79 Å². The summed E-state index contributed by atoms with van der Waals surface area (Å²) < 4.78 is 5.08. The van der Waals surface area contributed by atoms with Crippen LogP contribution >= 0.6 is 11.6 Å². The summed E-state index contributed by atoms with van der Waals surface area (Å²) in [6, 6.07) is 1.41. The summed E-state index contributed by atoms with van der Waals surface area (Å²) in [6.45, 7) is 0.428. The summed E-state index contributed by atoms with van der Waals surface area (Å²) in [5.41, 5.74) is 6.29. The minimum atomic E-state index is -0.422. The Morgan fingerprint density at radius 2 is 2.29 bits per heavy atom. The van der Waals surface area contributed by atoms with Crippen molar-refractivity contribution >= 4 is 23.8 Å². The molecule has 0 spiro atoms. The van der Waals surface area contributed by atoms with Gasteiger partial charge in [0.1, 0.15) is 11.2 Å². The van der Waals surface area contributed by atoms with Crippen LogP contribution < -0.4 is 22.0 Å². The number of aliphatic hydroxyl groups excluding tert-OH is 1. The van der Waals surface area contributed by atoms with Crippen LogP contribution in [0.25, 0.3) is 12.2 Å². The molecule has 1 heterocycles. The second kappa shape index (κ2) is 4.77. The number of hydrogen-bond donors (Lipinski definition) is 2. The smallest absolute Gasteiger partial charge is 0.336 e. The minimum Gasteiger partial charge on any atom is -0.510 e. The first-order valence-corrected chi connectivity index (χ1v) is 5.62. The molecule has 0 aliphatic heterocycles. The molecular weight excluding hydrogens is 242 g/mol. The molecule has 1 aromatic heterocycles. The van der Waals surface area contributed by atoms with Crippen LogP contribution in [0.15, 0.2) is 26.1 Å². The highest BCUT2D eigenvalue weighted by Gasteiger charge is 2.07. The van der Waals surface area contributed by atoms with E-state index < -0.39 is 5.63 Å². The fraction of sp³-hybridized carbons (Fsp3) is 0.250. The highest BCUT2D eigenvalue weighted by Crippen LogP contribution is 2.13. The molecule has 5 heteroatoms. The van der Waals surface area contributed by atoms with Crippen LogP contribution in [0.3, 0.4) is 0 Å². The van der Waals surface area contributed by atoms with Gasteiger partial charge < -0.3 is 15.3 Å². The normalized spacial score (nSPS) is 14.7. The number of aliphatic hydroxyl groups is 1. The summed E-state index contributed by atoms with van der Waals surface area (Å²) in [6.07, 6.45) is 4.04. The number of nitrogens with two attached hydrogens (primary N) is 1. The van der Waals surface area contributed by atoms with E-state index in [4.69, 9.17) is 21.8 Å². The van der Waals surface area contributed by atoms with Gasteiger partial charge >= 0.3 is 5.63 Å². The number of allylic oxidation sites excluding steroid dienone is 2. The Hall–Kier alpha value is -1.52. The standard InChI is InChI=1S/C12H12ClNO3/c13-9-6-8-7(3-4-14)5-12(16)17-11(8)2-1-10(9)15/h2,5-6,15H,1,3-4,14H2. The van der Waals surface area contributed by atoms with Gasteiger partial charge in [0.2, 0.25) is 0 Å². The third kappa shape index (κ3) is 2.43. The van der Waals surface area contributed by atoms with E-state index in [-0.39, 0.29) is 17.2 Å². The largest absolute Gasteiger partial charge is 0.510 e. The Bertz CT molecular complexity index is 643. The summed E-state index contributed by atoms with van der Waals surface area (Å²) >= 11 is 5.91. The lowest BCUT2D eigenvalue weighted by atomic mass is 10.1. The van der Waals surface area contributed by atoms with E-state index in [1.165, 1.54) is 6.07 Å². The van der Waals surface area contributed by atoms with E-state index in [9.17, 15) is 9.90 Å². The van der Waals surface area contributed by atoms with Crippen molar-refractivity contribution in [3.63, 3.8) is 0 Å². The van der Waals surface area contributed by atoms with Gasteiger partial charge in [0, 0.05) is 17.7 Å². The van der Waals surface area contributed by atoms with Crippen LogP contribution in [-0.2, 0) is 6.42 Å². The molecule has 1 aromatic rings. The van der Waals surface area contributed by atoms with Crippen LogP contribution in [0, 0.1) is 0 Å². The van der Waals surface area contributed by atoms with Gasteiger partial charge in [-0.1, -0.05) is 11.6 Å². The van der Waals surface area contributed by atoms with Crippen LogP contribution in [0.5, 0.6) is 0 Å². The lowest BCUT2D eigenvalue weighted by molar-refractivity contribution is 0.402. The molecule has 0 atom stereocenters. The van der Waals surface area contributed by atoms with Crippen molar-refractivity contribution in [2.24, 2.45) is 5.73 Å². The summed E-state index contributed by atoms with van der Waals surface area (Å²) in [7, 11) is 0. The highest BCUT2D eigenvalue weighted by atomic mass is 35.5. The summed E-state index contributed by atoms with van der Waals surface area (Å²) in [4.78, 5) is 11.4. The predicted molar refractivity (Wildman–Crippen MR) is 66.0 cm³/mol. The maximum absolute atomic E-state index is 11.4. The highest BCUT2D eigenvalue weighted by molar-refractivity contribution is 6.34. The van der Waals surface area contributed by atoms with Gasteiger partial charge in [-0.05, 0) is 30.7 Å². The quantitative estimate of drug-likeness (QED) is 0.785. The average Bonchev–Trinajstić information content (AvgIpc) is 2.42. The molecule has 0 unspecified atom stereocenters. The van der Waals surface area contributed by atoms with Gasteiger partial charge in [0.15, 0.2) is 0 Å². The predicted octanol–water partition coefficient (Wildman–Crippen LogP) is 0.114. The maximum Gasteiger partial charge on any atom is 0.336 e. The molecule has 0 saturated carbocycles. The van der Waals surface area contributed by atoms with Crippen molar-refractivity contribution in [1.82, 2.24) is 0 Å². The van der Waals surface area contributed by atoms with Crippen LogP contribution in [0.1, 0.15) is 12.0 Å². The van der Waals surface area contributed by atoms with Crippen molar-refractivity contribution < 1.29 is 9.52 Å². The second-order valence-corrected chi connectivity index (χ2v) is 4.16. The van der Waals surface area contributed by atoms with Crippen molar-refractivity contribution in [2.45, 2.75) is 12.8 Å². The van der Waals surface area contributed by atoms with Gasteiger partial charge in [0.05, 0.1) is 5.03 Å². The van der Waals surface area contributed by atoms with Crippen LogP contribution in [0.2, 0.25) is 0 Å². The zero-order valence-corrected chi connectivity index (χ0v) is 9.83. The van der Waals surface area contributed by atoms with Crippen LogP contribution in [-0.4, -0.2) is 11.7 Å². The maximum atomic E-state index is 11.4. The SMILES string of the molecule is NCCc1cc(=O)oc2c1=CC(Cl)=C(O)CC=2. The molecule has 0 aromatic carbocycles. The molecule has 0 bridgehead atoms. The molecule has 90 valence electrons. The Kier molecular flexibility index (Phi) is 3.36. The van der Waals surface area contributed by atoms with E-state index in [0.29, 0.717) is 23.6 Å². The first-order chi connectivity index (χ1) is 8.11. The molecule has 0 amide bonds. The molecule has 2 rings (SSSR count). The summed E-state index contributed by atoms with van der Waals surface area (Å²) in [5.74, 6) is 0.0595. The minimum absolute atomic E-state index is 0.0595. The fourth-order valence-corrected chi connectivity index (χ4v) is 1.93. The van der Waals surface area contributed by atoms with E-state index in [1.807, 2.05) is 0 Å². The van der Waals surface area contributed by atoms with Crippen molar-refractivity contribution in [1.29, 1.82) is 0 Å². The number of hydrogen-bond acceptors (Lipinski definition) is 4. The molecule has 0 saturated heterocycles. The molecule has 1 aliphatic carbocycles. The molecular formula is C12H12ClNO3. The van der Waals surface area contributed by atoms with Crippen molar-refractivity contribution in [2.75, 3.05) is 6.54 Å². The number of halogens is 1. The first kappa shape index (κ1) is 12.0. The number of rotatable bonds is 2. The Morgan fingerprint density at radius 3 is 3.00 bits per heavy atom. The summed E-state index contributed by atoms with van der Waals surface area (Å²) in [5, 5.41) is 10.5. The zero-order chi connectivity index (χ0) is 12.4. The van der Waals surface area contributed by atoms with Gasteiger partial charge in [-0.15, -0.1) is 0 Å². The molecule has 0 fully saturated rings. The van der Waals surface area contributed by atoms with Gasteiger partial charge in [-0.2, -0.15) is 0 Å². The third-order valence-electron chi connectivity index (χ3n) is 2.56. The van der Waals surface area contributed by atoms with E-state index in [2.05, 4.69) is 0 Å². The van der Waals surface area contributed by atoms with Crippen LogP contribution in [0.4, 0.5) is 0 Å². The van der Waals surface area contributed by atoms with Gasteiger partial charge in [0.25, 0.3) is 0 Å². The van der Waals surface area contributed by atoms with E-state index >= 15 is 0 Å². The topological polar surface area (TPSA) is 76.5 Å². The third-order valence-corrected chi connectivity index (χ3v) is 2.88. The van der Waals surface area contributed by atoms with Crippen molar-refractivity contribution in [3.8, 4) is 0 Å². The monoisotopic (exact) mass is 253 g/mol. The Labute approximate surface area is 102 Å².